The molecule has 5 nitrogen and oxygen atoms in total. The number of carbonyl (C=O) groups is 1. The predicted molar refractivity (Wildman–Crippen MR) is 124 cm³/mol. The number of carboxylic acid groups (broad SMARTS) is 1. The van der Waals surface area contributed by atoms with E-state index in [4.69, 9.17) is 0 Å². The summed E-state index contributed by atoms with van der Waals surface area (Å²) in [6, 6.07) is 16.1. The summed E-state index contributed by atoms with van der Waals surface area (Å²) in [6.07, 6.45) is 1.79. The lowest BCUT2D eigenvalue weighted by Gasteiger charge is -2.16. The molecule has 32 heavy (non-hydrogen) atoms. The average molecular weight is 427 g/mol. The summed E-state index contributed by atoms with van der Waals surface area (Å²) < 4.78 is 15.9. The van der Waals surface area contributed by atoms with Gasteiger partial charge in [0.15, 0.2) is 0 Å². The number of H-pyrrole nitrogens is 1. The third-order valence-electron chi connectivity index (χ3n) is 5.94. The molecular formula is C26H22FN3O2. The van der Waals surface area contributed by atoms with Crippen LogP contribution in [0.15, 0.2) is 60.8 Å². The second kappa shape index (κ2) is 7.34. The minimum absolute atomic E-state index is 0.151. The van der Waals surface area contributed by atoms with E-state index in [1.807, 2.05) is 19.1 Å². The molecule has 3 aromatic carbocycles. The highest BCUT2D eigenvalue weighted by atomic mass is 19.1. The zero-order chi connectivity index (χ0) is 22.6. The first-order valence-electron chi connectivity index (χ1n) is 10.5. The molecule has 0 aliphatic heterocycles. The minimum atomic E-state index is -0.939. The van der Waals surface area contributed by atoms with Crippen LogP contribution in [-0.2, 0) is 0 Å². The second-order valence-electron chi connectivity index (χ2n) is 8.39. The number of benzene rings is 3. The lowest BCUT2D eigenvalue weighted by atomic mass is 9.94. The van der Waals surface area contributed by atoms with Crippen molar-refractivity contribution < 1.29 is 14.3 Å². The first kappa shape index (κ1) is 20.0. The molecule has 0 aliphatic carbocycles. The van der Waals surface area contributed by atoms with E-state index < -0.39 is 5.97 Å². The molecule has 0 aliphatic rings. The quantitative estimate of drug-likeness (QED) is 0.347. The first-order chi connectivity index (χ1) is 15.3. The summed E-state index contributed by atoms with van der Waals surface area (Å²) >= 11 is 0. The van der Waals surface area contributed by atoms with Gasteiger partial charge in [-0.1, -0.05) is 26.0 Å². The van der Waals surface area contributed by atoms with Crippen molar-refractivity contribution in [3.63, 3.8) is 0 Å². The number of hydrogen-bond acceptors (Lipinski definition) is 2. The van der Waals surface area contributed by atoms with Crippen molar-refractivity contribution in [1.82, 2.24) is 14.8 Å². The number of aromatic amines is 1. The van der Waals surface area contributed by atoms with Crippen molar-refractivity contribution in [2.24, 2.45) is 0 Å². The van der Waals surface area contributed by atoms with Crippen molar-refractivity contribution >= 4 is 27.8 Å². The Bertz CT molecular complexity index is 1490. The van der Waals surface area contributed by atoms with Crippen molar-refractivity contribution in [3.05, 3.63) is 83.4 Å². The summed E-state index contributed by atoms with van der Waals surface area (Å²) in [5.41, 5.74) is 6.83. The van der Waals surface area contributed by atoms with E-state index in [1.54, 1.807) is 24.4 Å². The summed E-state index contributed by atoms with van der Waals surface area (Å²) in [4.78, 5) is 11.5. The molecule has 0 fully saturated rings. The molecule has 0 radical (unpaired) electrons. The summed E-state index contributed by atoms with van der Waals surface area (Å²) in [6.45, 7) is 6.07. The minimum Gasteiger partial charge on any atom is -0.478 e. The molecule has 0 saturated heterocycles. The van der Waals surface area contributed by atoms with Gasteiger partial charge in [-0.05, 0) is 66.4 Å². The number of fused-ring (bicyclic) bond motifs is 2. The van der Waals surface area contributed by atoms with E-state index in [1.165, 1.54) is 12.1 Å². The van der Waals surface area contributed by atoms with Crippen LogP contribution in [0.3, 0.4) is 0 Å². The van der Waals surface area contributed by atoms with Crippen molar-refractivity contribution in [2.45, 2.75) is 26.7 Å². The van der Waals surface area contributed by atoms with Crippen LogP contribution >= 0.6 is 0 Å². The zero-order valence-corrected chi connectivity index (χ0v) is 18.0. The van der Waals surface area contributed by atoms with Crippen LogP contribution in [0.1, 0.15) is 41.4 Å². The van der Waals surface area contributed by atoms with E-state index in [9.17, 15) is 14.3 Å². The van der Waals surface area contributed by atoms with Crippen LogP contribution in [0.5, 0.6) is 0 Å². The number of nitrogens with one attached hydrogen (secondary N) is 1. The Kier molecular flexibility index (Phi) is 4.59. The van der Waals surface area contributed by atoms with Gasteiger partial charge in [-0.3, -0.25) is 5.10 Å². The average Bonchev–Trinajstić information content (AvgIpc) is 3.34. The lowest BCUT2D eigenvalue weighted by Crippen LogP contribution is -2.04. The number of aromatic nitrogens is 3. The molecule has 160 valence electrons. The summed E-state index contributed by atoms with van der Waals surface area (Å²) in [5, 5.41) is 18.7. The van der Waals surface area contributed by atoms with Gasteiger partial charge < -0.3 is 9.67 Å². The van der Waals surface area contributed by atoms with Crippen LogP contribution < -0.4 is 0 Å². The summed E-state index contributed by atoms with van der Waals surface area (Å²) in [5.74, 6) is -1.07. The Morgan fingerprint density at radius 3 is 2.50 bits per heavy atom. The molecule has 6 heteroatoms. The van der Waals surface area contributed by atoms with Crippen LogP contribution in [0.2, 0.25) is 0 Å². The van der Waals surface area contributed by atoms with Crippen LogP contribution in [0.25, 0.3) is 38.6 Å². The van der Waals surface area contributed by atoms with E-state index in [-0.39, 0.29) is 17.3 Å². The van der Waals surface area contributed by atoms with Gasteiger partial charge in [0.25, 0.3) is 0 Å². The Morgan fingerprint density at radius 2 is 1.84 bits per heavy atom. The normalized spacial score (nSPS) is 11.7. The number of hydrogen-bond donors (Lipinski definition) is 2. The fourth-order valence-electron chi connectivity index (χ4n) is 4.52. The Morgan fingerprint density at radius 1 is 1.09 bits per heavy atom. The SMILES string of the molecule is Cc1cc(-c2c(C(C)C)n(-c3ccc(F)cc3)c3cc4cn[nH]c4cc23)ccc1C(=O)O. The fraction of sp³-hybridized carbons (Fsp3) is 0.154. The zero-order valence-electron chi connectivity index (χ0n) is 18.0. The van der Waals surface area contributed by atoms with Gasteiger partial charge >= 0.3 is 5.97 Å². The maximum absolute atomic E-state index is 13.7. The third-order valence-corrected chi connectivity index (χ3v) is 5.94. The maximum atomic E-state index is 13.7. The molecule has 0 bridgehead atoms. The molecule has 2 aromatic heterocycles. The van der Waals surface area contributed by atoms with Crippen LogP contribution in [0.4, 0.5) is 4.39 Å². The van der Waals surface area contributed by atoms with Gasteiger partial charge in [0, 0.05) is 27.7 Å². The van der Waals surface area contributed by atoms with Crippen molar-refractivity contribution in [2.75, 3.05) is 0 Å². The maximum Gasteiger partial charge on any atom is 0.335 e. The van der Waals surface area contributed by atoms with E-state index in [2.05, 4.69) is 40.7 Å². The number of nitrogens with zero attached hydrogens (tertiary/aromatic N) is 2. The Labute approximate surface area is 184 Å². The van der Waals surface area contributed by atoms with Gasteiger partial charge in [0.1, 0.15) is 5.82 Å². The van der Waals surface area contributed by atoms with Gasteiger partial charge in [-0.15, -0.1) is 0 Å². The third kappa shape index (κ3) is 3.07. The first-order valence-corrected chi connectivity index (χ1v) is 10.5. The van der Waals surface area contributed by atoms with Gasteiger partial charge in [-0.2, -0.15) is 5.10 Å². The Hall–Kier alpha value is -3.93. The second-order valence-corrected chi connectivity index (χ2v) is 8.39. The van der Waals surface area contributed by atoms with Gasteiger partial charge in [0.05, 0.1) is 22.8 Å². The Balaban J connectivity index is 1.91. The van der Waals surface area contributed by atoms with Gasteiger partial charge in [0.2, 0.25) is 0 Å². The van der Waals surface area contributed by atoms with Gasteiger partial charge in [-0.25, -0.2) is 9.18 Å². The number of halogens is 1. The lowest BCUT2D eigenvalue weighted by molar-refractivity contribution is 0.0696. The fourth-order valence-corrected chi connectivity index (χ4v) is 4.52. The highest BCUT2D eigenvalue weighted by Crippen LogP contribution is 2.42. The molecule has 5 rings (SSSR count). The largest absolute Gasteiger partial charge is 0.478 e. The topological polar surface area (TPSA) is 70.9 Å². The molecule has 0 saturated carbocycles. The monoisotopic (exact) mass is 427 g/mol. The molecule has 0 spiro atoms. The highest BCUT2D eigenvalue weighted by Gasteiger charge is 2.23. The standard InChI is InChI=1S/C26H22FN3O2/c1-14(2)25-24(16-4-9-20(26(31)32)15(3)10-16)21-12-22-17(13-28-29-22)11-23(21)30(25)19-7-5-18(27)6-8-19/h4-14H,1-3H3,(H,28,29)(H,31,32). The molecule has 0 amide bonds. The predicted octanol–water partition coefficient (Wildman–Crippen LogP) is 6.44. The molecule has 5 aromatic rings. The number of rotatable bonds is 4. The summed E-state index contributed by atoms with van der Waals surface area (Å²) in [7, 11) is 0. The highest BCUT2D eigenvalue weighted by molar-refractivity contribution is 6.06. The molecule has 2 heterocycles. The molecule has 0 atom stereocenters. The number of aryl methyl sites for hydroxylation is 1. The molecule has 2 N–H and O–H groups in total. The van der Waals surface area contributed by atoms with E-state index in [0.717, 1.165) is 44.3 Å². The molecule has 0 unspecified atom stereocenters. The van der Waals surface area contributed by atoms with E-state index in [0.29, 0.717) is 5.56 Å². The van der Waals surface area contributed by atoms with Crippen molar-refractivity contribution in [1.29, 1.82) is 0 Å². The number of carboxylic acids is 1. The van der Waals surface area contributed by atoms with Crippen LogP contribution in [0, 0.1) is 12.7 Å². The number of aromatic carboxylic acids is 1. The van der Waals surface area contributed by atoms with E-state index >= 15 is 0 Å². The molecular weight excluding hydrogens is 405 g/mol. The van der Waals surface area contributed by atoms with Crippen molar-refractivity contribution in [3.8, 4) is 16.8 Å². The van der Waals surface area contributed by atoms with Crippen LogP contribution in [-0.4, -0.2) is 25.8 Å². The smallest absolute Gasteiger partial charge is 0.335 e.